The third-order valence-corrected chi connectivity index (χ3v) is 4.46. The number of anilines is 1. The smallest absolute Gasteiger partial charge is 0.252 e. The van der Waals surface area contributed by atoms with Crippen LogP contribution in [0.15, 0.2) is 72.9 Å². The molecule has 5 nitrogen and oxygen atoms in total. The number of carbonyl (C=O) groups excluding carboxylic acids is 1. The Morgan fingerprint density at radius 2 is 1.71 bits per heavy atom. The summed E-state index contributed by atoms with van der Waals surface area (Å²) in [5.41, 5.74) is 2.91. The molecular weight excluding hydrogens is 350 g/mol. The molecule has 1 heterocycles. The normalized spacial score (nSPS) is 10.3. The van der Waals surface area contributed by atoms with Crippen LogP contribution in [-0.4, -0.2) is 31.1 Å². The van der Waals surface area contributed by atoms with Gasteiger partial charge < -0.3 is 15.4 Å². The van der Waals surface area contributed by atoms with E-state index >= 15 is 0 Å². The van der Waals surface area contributed by atoms with Crippen molar-refractivity contribution in [3.63, 3.8) is 0 Å². The monoisotopic (exact) mass is 375 g/mol. The van der Waals surface area contributed by atoms with Crippen LogP contribution in [0.4, 0.5) is 5.82 Å². The number of pyridine rings is 1. The van der Waals surface area contributed by atoms with Crippen molar-refractivity contribution in [2.75, 3.05) is 25.5 Å². The summed E-state index contributed by atoms with van der Waals surface area (Å²) in [5, 5.41) is 6.21. The predicted octanol–water partition coefficient (Wildman–Crippen LogP) is 3.72. The summed E-state index contributed by atoms with van der Waals surface area (Å²) in [6, 6.07) is 21.7. The van der Waals surface area contributed by atoms with Gasteiger partial charge in [-0.2, -0.15) is 0 Å². The highest BCUT2D eigenvalue weighted by Crippen LogP contribution is 2.17. The average Bonchev–Trinajstić information content (AvgIpc) is 2.75. The molecule has 5 heteroatoms. The minimum absolute atomic E-state index is 0.107. The molecule has 0 saturated carbocycles. The van der Waals surface area contributed by atoms with Crippen molar-refractivity contribution in [1.82, 2.24) is 10.3 Å². The van der Waals surface area contributed by atoms with Gasteiger partial charge in [-0.3, -0.25) is 4.79 Å². The number of benzene rings is 2. The van der Waals surface area contributed by atoms with Gasteiger partial charge in [0.05, 0.1) is 12.7 Å². The quantitative estimate of drug-likeness (QED) is 0.598. The zero-order valence-electron chi connectivity index (χ0n) is 16.0. The van der Waals surface area contributed by atoms with E-state index < -0.39 is 0 Å². The van der Waals surface area contributed by atoms with Gasteiger partial charge in [0.2, 0.25) is 0 Å². The fourth-order valence-electron chi connectivity index (χ4n) is 2.93. The highest BCUT2D eigenvalue weighted by molar-refractivity contribution is 5.94. The van der Waals surface area contributed by atoms with E-state index in [-0.39, 0.29) is 5.91 Å². The average molecular weight is 375 g/mol. The summed E-state index contributed by atoms with van der Waals surface area (Å²) in [6.07, 6.45) is 3.24. The van der Waals surface area contributed by atoms with Crippen molar-refractivity contribution in [2.24, 2.45) is 0 Å². The van der Waals surface area contributed by atoms with Crippen LogP contribution in [0.5, 0.6) is 5.75 Å². The predicted molar refractivity (Wildman–Crippen MR) is 112 cm³/mol. The SMILES string of the molecule is COc1ccccc1CCNc1ccc(C(=O)NCCc2ccccc2)cn1. The van der Waals surface area contributed by atoms with Crippen molar-refractivity contribution in [3.05, 3.63) is 89.6 Å². The maximum atomic E-state index is 12.2. The Morgan fingerprint density at radius 3 is 2.46 bits per heavy atom. The molecule has 28 heavy (non-hydrogen) atoms. The molecule has 2 N–H and O–H groups in total. The maximum Gasteiger partial charge on any atom is 0.252 e. The van der Waals surface area contributed by atoms with E-state index in [9.17, 15) is 4.79 Å². The summed E-state index contributed by atoms with van der Waals surface area (Å²) in [7, 11) is 1.68. The molecule has 0 aliphatic carbocycles. The Labute approximate surface area is 165 Å². The number of carbonyl (C=O) groups is 1. The maximum absolute atomic E-state index is 12.2. The van der Waals surface area contributed by atoms with Gasteiger partial charge in [0.25, 0.3) is 5.91 Å². The number of hydrogen-bond acceptors (Lipinski definition) is 4. The van der Waals surface area contributed by atoms with Gasteiger partial charge in [-0.1, -0.05) is 48.5 Å². The van der Waals surface area contributed by atoms with E-state index in [1.807, 2.05) is 42.5 Å². The summed E-state index contributed by atoms with van der Waals surface area (Å²) in [5.74, 6) is 1.53. The van der Waals surface area contributed by atoms with Crippen molar-refractivity contribution >= 4 is 11.7 Å². The summed E-state index contributed by atoms with van der Waals surface area (Å²) in [4.78, 5) is 16.6. The lowest BCUT2D eigenvalue weighted by molar-refractivity contribution is 0.0954. The van der Waals surface area contributed by atoms with Crippen LogP contribution < -0.4 is 15.4 Å². The largest absolute Gasteiger partial charge is 0.496 e. The molecule has 2 aromatic carbocycles. The molecule has 0 fully saturated rings. The van der Waals surface area contributed by atoms with E-state index in [1.165, 1.54) is 5.56 Å². The fourth-order valence-corrected chi connectivity index (χ4v) is 2.93. The summed E-state index contributed by atoms with van der Waals surface area (Å²) < 4.78 is 5.36. The second-order valence-corrected chi connectivity index (χ2v) is 6.41. The molecule has 0 aliphatic rings. The molecule has 1 aromatic heterocycles. The second kappa shape index (κ2) is 10.1. The Hall–Kier alpha value is -3.34. The molecule has 144 valence electrons. The van der Waals surface area contributed by atoms with E-state index in [0.717, 1.165) is 36.5 Å². The first kappa shape index (κ1) is 19.4. The number of nitrogens with one attached hydrogen (secondary N) is 2. The lowest BCUT2D eigenvalue weighted by Crippen LogP contribution is -2.25. The number of hydrogen-bond donors (Lipinski definition) is 2. The second-order valence-electron chi connectivity index (χ2n) is 6.41. The molecule has 3 rings (SSSR count). The van der Waals surface area contributed by atoms with Gasteiger partial charge >= 0.3 is 0 Å². The number of para-hydroxylation sites is 1. The van der Waals surface area contributed by atoms with Crippen LogP contribution >= 0.6 is 0 Å². The molecule has 0 unspecified atom stereocenters. The molecule has 0 atom stereocenters. The Morgan fingerprint density at radius 1 is 0.929 bits per heavy atom. The van der Waals surface area contributed by atoms with E-state index in [0.29, 0.717) is 12.1 Å². The number of rotatable bonds is 9. The van der Waals surface area contributed by atoms with Crippen LogP contribution in [-0.2, 0) is 12.8 Å². The fraction of sp³-hybridized carbons (Fsp3) is 0.217. The Kier molecular flexibility index (Phi) is 7.01. The lowest BCUT2D eigenvalue weighted by Gasteiger charge is -2.10. The first-order valence-corrected chi connectivity index (χ1v) is 9.40. The van der Waals surface area contributed by atoms with Crippen molar-refractivity contribution < 1.29 is 9.53 Å². The zero-order chi connectivity index (χ0) is 19.6. The number of methoxy groups -OCH3 is 1. The van der Waals surface area contributed by atoms with Gasteiger partial charge in [-0.15, -0.1) is 0 Å². The van der Waals surface area contributed by atoms with E-state index in [1.54, 1.807) is 19.4 Å². The molecule has 0 radical (unpaired) electrons. The molecule has 0 bridgehead atoms. The first-order valence-electron chi connectivity index (χ1n) is 9.40. The number of nitrogens with zero attached hydrogens (tertiary/aromatic N) is 1. The first-order chi connectivity index (χ1) is 13.8. The molecule has 0 saturated heterocycles. The van der Waals surface area contributed by atoms with Crippen LogP contribution in [0.25, 0.3) is 0 Å². The van der Waals surface area contributed by atoms with Crippen LogP contribution in [0.1, 0.15) is 21.5 Å². The zero-order valence-corrected chi connectivity index (χ0v) is 16.0. The third kappa shape index (κ3) is 5.58. The van der Waals surface area contributed by atoms with Gasteiger partial charge in [0.15, 0.2) is 0 Å². The van der Waals surface area contributed by atoms with Crippen LogP contribution in [0.2, 0.25) is 0 Å². The number of ether oxygens (including phenoxy) is 1. The van der Waals surface area contributed by atoms with Crippen molar-refractivity contribution in [1.29, 1.82) is 0 Å². The van der Waals surface area contributed by atoms with Gasteiger partial charge in [-0.25, -0.2) is 4.98 Å². The number of aromatic nitrogens is 1. The highest BCUT2D eigenvalue weighted by Gasteiger charge is 2.06. The van der Waals surface area contributed by atoms with Gasteiger partial charge in [0, 0.05) is 19.3 Å². The molecule has 0 aliphatic heterocycles. The Balaban J connectivity index is 1.44. The van der Waals surface area contributed by atoms with Gasteiger partial charge in [0.1, 0.15) is 11.6 Å². The van der Waals surface area contributed by atoms with Gasteiger partial charge in [-0.05, 0) is 42.2 Å². The summed E-state index contributed by atoms with van der Waals surface area (Å²) >= 11 is 0. The molecule has 1 amide bonds. The van der Waals surface area contributed by atoms with E-state index in [4.69, 9.17) is 4.74 Å². The Bertz CT molecular complexity index is 880. The molecular formula is C23H25N3O2. The number of amides is 1. The van der Waals surface area contributed by atoms with Crippen molar-refractivity contribution in [3.8, 4) is 5.75 Å². The molecule has 3 aromatic rings. The minimum atomic E-state index is -0.107. The third-order valence-electron chi connectivity index (χ3n) is 4.46. The standard InChI is InChI=1S/C23H25N3O2/c1-28-21-10-6-5-9-19(21)14-16-24-22-12-11-20(17-26-22)23(27)25-15-13-18-7-3-2-4-8-18/h2-12,17H,13-16H2,1H3,(H,24,26)(H,25,27). The van der Waals surface area contributed by atoms with Crippen molar-refractivity contribution in [2.45, 2.75) is 12.8 Å². The van der Waals surface area contributed by atoms with Crippen LogP contribution in [0, 0.1) is 0 Å². The summed E-state index contributed by atoms with van der Waals surface area (Å²) in [6.45, 7) is 1.33. The van der Waals surface area contributed by atoms with Crippen LogP contribution in [0.3, 0.4) is 0 Å². The topological polar surface area (TPSA) is 63.2 Å². The lowest BCUT2D eigenvalue weighted by atomic mass is 10.1. The molecule has 0 spiro atoms. The van der Waals surface area contributed by atoms with E-state index in [2.05, 4.69) is 33.8 Å². The minimum Gasteiger partial charge on any atom is -0.496 e. The highest BCUT2D eigenvalue weighted by atomic mass is 16.5.